The predicted molar refractivity (Wildman–Crippen MR) is 115 cm³/mol. The molecule has 0 bridgehead atoms. The number of benzene rings is 2. The maximum Gasteiger partial charge on any atom is 0.322 e. The number of carbonyl (C=O) groups is 3. The minimum absolute atomic E-state index is 0.0683. The number of nitrogens with one attached hydrogen (secondary N) is 3. The SMILES string of the molecule is O=C(C[C@@H]1C(=O)N[C@@H]2CCCC[C@H]2N1C(=O)Nc1ccccc1)Nc1ccccc1. The van der Waals surface area contributed by atoms with E-state index in [4.69, 9.17) is 0 Å². The lowest BCUT2D eigenvalue weighted by molar-refractivity contribution is -0.135. The standard InChI is InChI=1S/C23H26N4O3/c28-21(24-16-9-3-1-4-10-16)15-20-22(29)26-18-13-7-8-14-19(18)27(20)23(30)25-17-11-5-2-6-12-17/h1-6,9-12,18-20H,7-8,13-15H2,(H,24,28)(H,25,30)(H,26,29)/t18-,19-,20-/m1/s1. The number of hydrogen-bond acceptors (Lipinski definition) is 3. The summed E-state index contributed by atoms with van der Waals surface area (Å²) in [5.74, 6) is -0.572. The Balaban J connectivity index is 1.54. The quantitative estimate of drug-likeness (QED) is 0.727. The van der Waals surface area contributed by atoms with Crippen molar-refractivity contribution in [2.45, 2.75) is 50.2 Å². The van der Waals surface area contributed by atoms with E-state index in [2.05, 4.69) is 16.0 Å². The molecule has 4 amide bonds. The first kappa shape index (κ1) is 19.9. The van der Waals surface area contributed by atoms with Crippen LogP contribution in [-0.4, -0.2) is 40.9 Å². The van der Waals surface area contributed by atoms with Crippen LogP contribution in [-0.2, 0) is 9.59 Å². The van der Waals surface area contributed by atoms with E-state index < -0.39 is 6.04 Å². The second-order valence-electron chi connectivity index (χ2n) is 7.80. The molecule has 0 spiro atoms. The van der Waals surface area contributed by atoms with Gasteiger partial charge in [0.05, 0.1) is 12.5 Å². The van der Waals surface area contributed by atoms with Crippen LogP contribution in [0.15, 0.2) is 60.7 Å². The highest BCUT2D eigenvalue weighted by molar-refractivity contribution is 5.99. The maximum absolute atomic E-state index is 13.2. The Morgan fingerprint density at radius 1 is 0.900 bits per heavy atom. The fraction of sp³-hybridized carbons (Fsp3) is 0.348. The van der Waals surface area contributed by atoms with E-state index in [1.807, 2.05) is 36.4 Å². The number of amides is 4. The smallest absolute Gasteiger partial charge is 0.322 e. The van der Waals surface area contributed by atoms with Gasteiger partial charge in [-0.3, -0.25) is 9.59 Å². The van der Waals surface area contributed by atoms with Crippen molar-refractivity contribution in [3.05, 3.63) is 60.7 Å². The zero-order chi connectivity index (χ0) is 20.9. The molecule has 7 nitrogen and oxygen atoms in total. The summed E-state index contributed by atoms with van der Waals surface area (Å²) in [5.41, 5.74) is 1.32. The summed E-state index contributed by atoms with van der Waals surface area (Å²) < 4.78 is 0. The van der Waals surface area contributed by atoms with Gasteiger partial charge in [-0.25, -0.2) is 4.79 Å². The molecule has 1 aliphatic heterocycles. The van der Waals surface area contributed by atoms with Crippen molar-refractivity contribution >= 4 is 29.2 Å². The molecule has 1 saturated carbocycles. The largest absolute Gasteiger partial charge is 0.349 e. The maximum atomic E-state index is 13.2. The van der Waals surface area contributed by atoms with Gasteiger partial charge in [-0.15, -0.1) is 0 Å². The Labute approximate surface area is 175 Å². The van der Waals surface area contributed by atoms with Crippen LogP contribution in [0, 0.1) is 0 Å². The second kappa shape index (κ2) is 8.98. The highest BCUT2D eigenvalue weighted by Gasteiger charge is 2.46. The van der Waals surface area contributed by atoms with Gasteiger partial charge in [0.25, 0.3) is 0 Å². The van der Waals surface area contributed by atoms with Crippen LogP contribution in [0.5, 0.6) is 0 Å². The van der Waals surface area contributed by atoms with Gasteiger partial charge in [0.15, 0.2) is 0 Å². The first-order valence-electron chi connectivity index (χ1n) is 10.4. The number of anilines is 2. The molecule has 0 unspecified atom stereocenters. The van der Waals surface area contributed by atoms with Crippen LogP contribution < -0.4 is 16.0 Å². The minimum atomic E-state index is -0.850. The molecule has 156 valence electrons. The molecule has 2 aliphatic rings. The van der Waals surface area contributed by atoms with E-state index in [-0.39, 0.29) is 36.3 Å². The number of carbonyl (C=O) groups excluding carboxylic acids is 3. The molecule has 0 radical (unpaired) electrons. The normalized spacial score (nSPS) is 23.1. The molecule has 3 N–H and O–H groups in total. The van der Waals surface area contributed by atoms with Crippen molar-refractivity contribution < 1.29 is 14.4 Å². The van der Waals surface area contributed by atoms with Crippen LogP contribution in [0.3, 0.4) is 0 Å². The molecule has 0 aromatic heterocycles. The van der Waals surface area contributed by atoms with Crippen LogP contribution in [0.25, 0.3) is 0 Å². The van der Waals surface area contributed by atoms with Crippen molar-refractivity contribution in [2.75, 3.05) is 10.6 Å². The Kier molecular flexibility index (Phi) is 5.97. The Bertz CT molecular complexity index is 903. The molecule has 2 fully saturated rings. The van der Waals surface area contributed by atoms with Crippen LogP contribution in [0.2, 0.25) is 0 Å². The first-order valence-corrected chi connectivity index (χ1v) is 10.4. The highest BCUT2D eigenvalue weighted by atomic mass is 16.2. The molecular formula is C23H26N4O3. The van der Waals surface area contributed by atoms with Gasteiger partial charge in [0.2, 0.25) is 11.8 Å². The zero-order valence-corrected chi connectivity index (χ0v) is 16.7. The molecule has 1 aliphatic carbocycles. The van der Waals surface area contributed by atoms with Gasteiger partial charge in [0, 0.05) is 17.4 Å². The summed E-state index contributed by atoms with van der Waals surface area (Å²) in [6, 6.07) is 16.9. The number of nitrogens with zero attached hydrogens (tertiary/aromatic N) is 1. The third kappa shape index (κ3) is 4.45. The van der Waals surface area contributed by atoms with E-state index in [9.17, 15) is 14.4 Å². The minimum Gasteiger partial charge on any atom is -0.349 e. The van der Waals surface area contributed by atoms with Crippen LogP contribution in [0.4, 0.5) is 16.2 Å². The molecule has 4 rings (SSSR count). The van der Waals surface area contributed by atoms with Gasteiger partial charge in [-0.2, -0.15) is 0 Å². The molecule has 1 heterocycles. The number of piperazine rings is 1. The average molecular weight is 406 g/mol. The summed E-state index contributed by atoms with van der Waals surface area (Å²) in [5, 5.41) is 8.75. The van der Waals surface area contributed by atoms with Crippen molar-refractivity contribution in [1.82, 2.24) is 10.2 Å². The summed E-state index contributed by atoms with van der Waals surface area (Å²) in [6.07, 6.45) is 3.58. The van der Waals surface area contributed by atoms with Gasteiger partial charge in [-0.05, 0) is 37.1 Å². The van der Waals surface area contributed by atoms with Gasteiger partial charge in [-0.1, -0.05) is 49.2 Å². The monoisotopic (exact) mass is 406 g/mol. The van der Waals surface area contributed by atoms with E-state index in [0.29, 0.717) is 11.4 Å². The molecule has 1 saturated heterocycles. The van der Waals surface area contributed by atoms with Crippen molar-refractivity contribution in [1.29, 1.82) is 0 Å². The summed E-state index contributed by atoms with van der Waals surface area (Å²) in [4.78, 5) is 40.4. The van der Waals surface area contributed by atoms with E-state index in [0.717, 1.165) is 25.7 Å². The number of hydrogen-bond donors (Lipinski definition) is 3. The van der Waals surface area contributed by atoms with Crippen LogP contribution >= 0.6 is 0 Å². The topological polar surface area (TPSA) is 90.5 Å². The Morgan fingerprint density at radius 2 is 1.50 bits per heavy atom. The second-order valence-corrected chi connectivity index (χ2v) is 7.80. The third-order valence-electron chi connectivity index (χ3n) is 5.75. The van der Waals surface area contributed by atoms with Gasteiger partial charge in [0.1, 0.15) is 6.04 Å². The molecule has 7 heteroatoms. The first-order chi connectivity index (χ1) is 14.6. The molecular weight excluding hydrogens is 380 g/mol. The number of fused-ring (bicyclic) bond motifs is 1. The van der Waals surface area contributed by atoms with Gasteiger partial charge >= 0.3 is 6.03 Å². The van der Waals surface area contributed by atoms with Crippen molar-refractivity contribution in [3.63, 3.8) is 0 Å². The van der Waals surface area contributed by atoms with Crippen molar-refractivity contribution in [2.24, 2.45) is 0 Å². The summed E-state index contributed by atoms with van der Waals surface area (Å²) >= 11 is 0. The number of urea groups is 1. The Morgan fingerprint density at radius 3 is 2.17 bits per heavy atom. The summed E-state index contributed by atoms with van der Waals surface area (Å²) in [6.45, 7) is 0. The average Bonchev–Trinajstić information content (AvgIpc) is 2.75. The fourth-order valence-electron chi connectivity index (χ4n) is 4.35. The van der Waals surface area contributed by atoms with E-state index in [1.54, 1.807) is 29.2 Å². The van der Waals surface area contributed by atoms with E-state index >= 15 is 0 Å². The molecule has 3 atom stereocenters. The molecule has 30 heavy (non-hydrogen) atoms. The Hall–Kier alpha value is -3.35. The summed E-state index contributed by atoms with van der Waals surface area (Å²) in [7, 11) is 0. The zero-order valence-electron chi connectivity index (χ0n) is 16.7. The molecule has 2 aromatic carbocycles. The van der Waals surface area contributed by atoms with Crippen molar-refractivity contribution in [3.8, 4) is 0 Å². The van der Waals surface area contributed by atoms with Gasteiger partial charge < -0.3 is 20.9 Å². The highest BCUT2D eigenvalue weighted by Crippen LogP contribution is 2.30. The number of para-hydroxylation sites is 2. The van der Waals surface area contributed by atoms with E-state index in [1.165, 1.54) is 0 Å². The number of rotatable bonds is 4. The lowest BCUT2D eigenvalue weighted by atomic mass is 9.85. The third-order valence-corrected chi connectivity index (χ3v) is 5.75. The fourth-order valence-corrected chi connectivity index (χ4v) is 4.35. The predicted octanol–water partition coefficient (Wildman–Crippen LogP) is 3.36. The molecule has 2 aromatic rings. The lowest BCUT2D eigenvalue weighted by Gasteiger charge is -2.47. The lowest BCUT2D eigenvalue weighted by Crippen LogP contribution is -2.68. The van der Waals surface area contributed by atoms with Crippen LogP contribution in [0.1, 0.15) is 32.1 Å².